The summed E-state index contributed by atoms with van der Waals surface area (Å²) in [7, 11) is -3.01. The number of nitrogens with zero attached hydrogens (tertiary/aromatic N) is 1. The predicted molar refractivity (Wildman–Crippen MR) is 51.0 cm³/mol. The lowest BCUT2D eigenvalue weighted by molar-refractivity contribution is 0.345. The van der Waals surface area contributed by atoms with Gasteiger partial charge in [-0.3, -0.25) is 0 Å². The zero-order valence-electron chi connectivity index (χ0n) is 8.03. The Balaban J connectivity index is 2.19. The highest BCUT2D eigenvalue weighted by Gasteiger charge is 2.44. The molecule has 0 radical (unpaired) electrons. The fourth-order valence-electron chi connectivity index (χ4n) is 2.11. The molecule has 0 spiro atoms. The number of piperazine rings is 1. The minimum absolute atomic E-state index is 0.220. The van der Waals surface area contributed by atoms with Crippen molar-refractivity contribution in [2.45, 2.75) is 37.6 Å². The summed E-state index contributed by atoms with van der Waals surface area (Å²) in [5, 5.41) is 3.01. The molecule has 2 aliphatic heterocycles. The number of fused-ring (bicyclic) bond motifs is 2. The molecule has 0 aromatic heterocycles. The number of hydrogen-bond donors (Lipinski definition) is 1. The van der Waals surface area contributed by atoms with Gasteiger partial charge in [0.15, 0.2) is 0 Å². The van der Waals surface area contributed by atoms with Crippen LogP contribution in [0.15, 0.2) is 0 Å². The number of hydrogen-bond acceptors (Lipinski definition) is 3. The first-order valence-electron chi connectivity index (χ1n) is 4.76. The molecule has 2 atom stereocenters. The first kappa shape index (κ1) is 9.43. The number of sulfonamides is 1. The average molecular weight is 204 g/mol. The summed E-state index contributed by atoms with van der Waals surface area (Å²) in [5.41, 5.74) is 0. The van der Waals surface area contributed by atoms with Crippen LogP contribution in [0.25, 0.3) is 0 Å². The molecule has 2 saturated heterocycles. The van der Waals surface area contributed by atoms with E-state index < -0.39 is 10.0 Å². The van der Waals surface area contributed by atoms with Gasteiger partial charge in [-0.2, -0.15) is 4.31 Å². The van der Waals surface area contributed by atoms with Crippen LogP contribution in [0, 0.1) is 0 Å². The Labute approximate surface area is 79.4 Å². The molecule has 4 nitrogen and oxygen atoms in total. The van der Waals surface area contributed by atoms with Crippen LogP contribution < -0.4 is 5.32 Å². The van der Waals surface area contributed by atoms with E-state index in [0.717, 1.165) is 13.0 Å². The zero-order chi connectivity index (χ0) is 9.64. The SMILES string of the molecule is CC(C)S(=O)(=O)N1CC2CC1CN2. The van der Waals surface area contributed by atoms with Crippen molar-refractivity contribution in [1.82, 2.24) is 9.62 Å². The quantitative estimate of drug-likeness (QED) is 0.676. The largest absolute Gasteiger partial charge is 0.311 e. The van der Waals surface area contributed by atoms with Crippen LogP contribution in [0.2, 0.25) is 0 Å². The Kier molecular flexibility index (Phi) is 2.13. The van der Waals surface area contributed by atoms with Gasteiger partial charge in [0.2, 0.25) is 10.0 Å². The van der Waals surface area contributed by atoms with Crippen LogP contribution in [0.4, 0.5) is 0 Å². The topological polar surface area (TPSA) is 49.4 Å². The summed E-state index contributed by atoms with van der Waals surface area (Å²) in [5.74, 6) is 0. The van der Waals surface area contributed by atoms with E-state index in [4.69, 9.17) is 0 Å². The lowest BCUT2D eigenvalue weighted by atomic mass is 10.2. The summed E-state index contributed by atoms with van der Waals surface area (Å²) in [6.45, 7) is 4.99. The molecule has 1 N–H and O–H groups in total. The summed E-state index contributed by atoms with van der Waals surface area (Å²) in [4.78, 5) is 0. The normalized spacial score (nSPS) is 34.7. The van der Waals surface area contributed by atoms with E-state index in [1.54, 1.807) is 18.2 Å². The van der Waals surface area contributed by atoms with E-state index in [2.05, 4.69) is 5.32 Å². The summed E-state index contributed by atoms with van der Waals surface area (Å²) < 4.78 is 25.3. The van der Waals surface area contributed by atoms with Crippen molar-refractivity contribution in [3.05, 3.63) is 0 Å². The van der Waals surface area contributed by atoms with Crippen molar-refractivity contribution in [1.29, 1.82) is 0 Å². The summed E-state index contributed by atoms with van der Waals surface area (Å²) >= 11 is 0. The molecule has 2 bridgehead atoms. The van der Waals surface area contributed by atoms with Crippen molar-refractivity contribution < 1.29 is 8.42 Å². The van der Waals surface area contributed by atoms with Gasteiger partial charge in [-0.1, -0.05) is 0 Å². The van der Waals surface area contributed by atoms with Gasteiger partial charge in [-0.15, -0.1) is 0 Å². The van der Waals surface area contributed by atoms with Crippen molar-refractivity contribution >= 4 is 10.0 Å². The molecule has 76 valence electrons. The van der Waals surface area contributed by atoms with E-state index in [0.29, 0.717) is 12.6 Å². The summed E-state index contributed by atoms with van der Waals surface area (Å²) in [6.07, 6.45) is 0.992. The Bertz CT molecular complexity index is 299. The molecule has 0 aromatic carbocycles. The maximum absolute atomic E-state index is 11.8. The van der Waals surface area contributed by atoms with E-state index in [-0.39, 0.29) is 11.3 Å². The molecule has 0 amide bonds. The standard InChI is InChI=1S/C8H16N2O2S/c1-6(2)13(11,12)10-5-7-3-8(10)4-9-7/h6-9H,3-5H2,1-2H3. The molecule has 2 unspecified atom stereocenters. The highest BCUT2D eigenvalue weighted by atomic mass is 32.2. The first-order valence-corrected chi connectivity index (χ1v) is 6.26. The van der Waals surface area contributed by atoms with Gasteiger partial charge in [0, 0.05) is 25.2 Å². The highest BCUT2D eigenvalue weighted by Crippen LogP contribution is 2.27. The molecule has 2 aliphatic rings. The van der Waals surface area contributed by atoms with Gasteiger partial charge in [0.25, 0.3) is 0 Å². The maximum Gasteiger partial charge on any atom is 0.216 e. The molecular formula is C8H16N2O2S. The molecule has 0 aliphatic carbocycles. The lowest BCUT2D eigenvalue weighted by Crippen LogP contribution is -2.48. The van der Waals surface area contributed by atoms with Gasteiger partial charge in [0.1, 0.15) is 0 Å². The van der Waals surface area contributed by atoms with Crippen molar-refractivity contribution in [3.8, 4) is 0 Å². The van der Waals surface area contributed by atoms with Crippen LogP contribution in [0.1, 0.15) is 20.3 Å². The molecule has 0 aromatic rings. The van der Waals surface area contributed by atoms with Gasteiger partial charge in [-0.05, 0) is 20.3 Å². The molecule has 2 heterocycles. The predicted octanol–water partition coefficient (Wildman–Crippen LogP) is -0.229. The van der Waals surface area contributed by atoms with Crippen molar-refractivity contribution in [2.24, 2.45) is 0 Å². The Hall–Kier alpha value is -0.130. The molecule has 5 heteroatoms. The Morgan fingerprint density at radius 1 is 1.46 bits per heavy atom. The number of nitrogens with one attached hydrogen (secondary N) is 1. The third kappa shape index (κ3) is 1.39. The summed E-state index contributed by atoms with van der Waals surface area (Å²) in [6, 6.07) is 0.621. The molecular weight excluding hydrogens is 188 g/mol. The van der Waals surface area contributed by atoms with Crippen molar-refractivity contribution in [2.75, 3.05) is 13.1 Å². The first-order chi connectivity index (χ1) is 6.01. The number of rotatable bonds is 2. The Morgan fingerprint density at radius 2 is 2.15 bits per heavy atom. The highest BCUT2D eigenvalue weighted by molar-refractivity contribution is 7.89. The monoisotopic (exact) mass is 204 g/mol. The molecule has 13 heavy (non-hydrogen) atoms. The van der Waals surface area contributed by atoms with Crippen LogP contribution in [0.5, 0.6) is 0 Å². The van der Waals surface area contributed by atoms with Gasteiger partial charge in [0.05, 0.1) is 5.25 Å². The van der Waals surface area contributed by atoms with Crippen LogP contribution >= 0.6 is 0 Å². The minimum Gasteiger partial charge on any atom is -0.311 e. The van der Waals surface area contributed by atoms with E-state index in [9.17, 15) is 8.42 Å². The van der Waals surface area contributed by atoms with Crippen molar-refractivity contribution in [3.63, 3.8) is 0 Å². The van der Waals surface area contributed by atoms with Gasteiger partial charge >= 0.3 is 0 Å². The van der Waals surface area contributed by atoms with E-state index in [1.807, 2.05) is 0 Å². The van der Waals surface area contributed by atoms with E-state index >= 15 is 0 Å². The second kappa shape index (κ2) is 2.93. The maximum atomic E-state index is 11.8. The average Bonchev–Trinajstić information content (AvgIpc) is 2.63. The third-order valence-corrected chi connectivity index (χ3v) is 5.22. The molecule has 2 fully saturated rings. The fourth-order valence-corrected chi connectivity index (χ4v) is 3.61. The second-order valence-electron chi connectivity index (χ2n) is 4.16. The molecule has 2 rings (SSSR count). The Morgan fingerprint density at radius 3 is 2.54 bits per heavy atom. The second-order valence-corrected chi connectivity index (χ2v) is 6.60. The molecule has 0 saturated carbocycles. The van der Waals surface area contributed by atoms with Crippen LogP contribution in [-0.2, 0) is 10.0 Å². The van der Waals surface area contributed by atoms with E-state index in [1.165, 1.54) is 0 Å². The fraction of sp³-hybridized carbons (Fsp3) is 1.00. The van der Waals surface area contributed by atoms with Crippen LogP contribution in [-0.4, -0.2) is 43.1 Å². The minimum atomic E-state index is -3.01. The zero-order valence-corrected chi connectivity index (χ0v) is 8.84. The third-order valence-electron chi connectivity index (χ3n) is 2.93. The lowest BCUT2D eigenvalue weighted by Gasteiger charge is -2.28. The smallest absolute Gasteiger partial charge is 0.216 e. The van der Waals surface area contributed by atoms with Gasteiger partial charge in [-0.25, -0.2) is 8.42 Å². The van der Waals surface area contributed by atoms with Crippen LogP contribution in [0.3, 0.4) is 0 Å². The van der Waals surface area contributed by atoms with Gasteiger partial charge < -0.3 is 5.32 Å².